The summed E-state index contributed by atoms with van der Waals surface area (Å²) in [5.74, 6) is 6.07. The third-order valence-electron chi connectivity index (χ3n) is 13.1. The molecule has 6 rings (SSSR count). The van der Waals surface area contributed by atoms with E-state index < -0.39 is 0 Å². The van der Waals surface area contributed by atoms with Crippen LogP contribution in [-0.4, -0.2) is 0 Å². The molecule has 0 aromatic heterocycles. The van der Waals surface area contributed by atoms with Gasteiger partial charge in [-0.25, -0.2) is 0 Å². The molecule has 0 heterocycles. The van der Waals surface area contributed by atoms with E-state index in [1.165, 1.54) is 143 Å². The molecule has 2 aliphatic carbocycles. The van der Waals surface area contributed by atoms with Gasteiger partial charge >= 0.3 is 0 Å². The first-order valence-corrected chi connectivity index (χ1v) is 21.5. The number of hydrogen-bond donors (Lipinski definition) is 2. The minimum atomic E-state index is -0.0688. The minimum Gasteiger partial charge on any atom is -0.457 e. The predicted octanol–water partition coefficient (Wildman–Crippen LogP) is 14.5. The van der Waals surface area contributed by atoms with Crippen molar-refractivity contribution in [3.63, 3.8) is 0 Å². The lowest BCUT2D eigenvalue weighted by molar-refractivity contribution is 0.140. The summed E-state index contributed by atoms with van der Waals surface area (Å²) in [4.78, 5) is 0. The van der Waals surface area contributed by atoms with Gasteiger partial charge in [0, 0.05) is 28.9 Å². The van der Waals surface area contributed by atoms with Crippen molar-refractivity contribution in [1.29, 1.82) is 0 Å². The molecule has 0 atom stereocenters. The smallest absolute Gasteiger partial charge is 0.133 e. The summed E-state index contributed by atoms with van der Waals surface area (Å²) in [6.07, 6.45) is 23.5. The van der Waals surface area contributed by atoms with Crippen LogP contribution in [0.4, 0.5) is 11.4 Å². The van der Waals surface area contributed by atoms with Gasteiger partial charge < -0.3 is 20.9 Å². The molecule has 4 aromatic rings. The Bertz CT molecular complexity index is 1660. The molecule has 4 heteroatoms. The number of nitrogens with two attached hydrogens (primary N) is 2. The standard InChI is InChI=1S/C50H68N2O2/c1-6-7-8-9-10-11-12-13-16-39-21-23-40(24-22-39)41-25-27-50(28-26-41,42-29-35(2)48(36(3)30-42)53-46-19-14-17-44(51)33-46)43-31-37(4)49(38(5)32-43)54-47-20-15-18-45(52)34-47/h14-15,17-20,29-34,39-41H,6-13,16,21-28,51-52H2,1-5H3/t39-,40-. The van der Waals surface area contributed by atoms with Gasteiger partial charge in [-0.1, -0.05) is 114 Å². The van der Waals surface area contributed by atoms with Crippen LogP contribution in [0, 0.1) is 45.4 Å². The number of hydrogen-bond acceptors (Lipinski definition) is 4. The molecule has 0 amide bonds. The van der Waals surface area contributed by atoms with E-state index in [2.05, 4.69) is 58.9 Å². The van der Waals surface area contributed by atoms with E-state index in [0.29, 0.717) is 11.4 Å². The molecule has 4 aromatic carbocycles. The molecule has 54 heavy (non-hydrogen) atoms. The van der Waals surface area contributed by atoms with Crippen molar-refractivity contribution in [2.45, 2.75) is 149 Å². The highest BCUT2D eigenvalue weighted by atomic mass is 16.5. The lowest BCUT2D eigenvalue weighted by Crippen LogP contribution is -2.36. The van der Waals surface area contributed by atoms with Crippen molar-refractivity contribution in [2.24, 2.45) is 17.8 Å². The number of unbranched alkanes of at least 4 members (excludes halogenated alkanes) is 7. The molecule has 0 radical (unpaired) electrons. The maximum Gasteiger partial charge on any atom is 0.133 e. The van der Waals surface area contributed by atoms with E-state index in [-0.39, 0.29) is 5.41 Å². The molecule has 4 nitrogen and oxygen atoms in total. The lowest BCUT2D eigenvalue weighted by atomic mass is 9.59. The largest absolute Gasteiger partial charge is 0.457 e. The highest BCUT2D eigenvalue weighted by Gasteiger charge is 2.42. The zero-order chi connectivity index (χ0) is 38.1. The van der Waals surface area contributed by atoms with Gasteiger partial charge in [-0.3, -0.25) is 0 Å². The number of benzene rings is 4. The van der Waals surface area contributed by atoms with Crippen LogP contribution in [0.2, 0.25) is 0 Å². The molecular weight excluding hydrogens is 661 g/mol. The van der Waals surface area contributed by atoms with Crippen LogP contribution in [0.1, 0.15) is 149 Å². The van der Waals surface area contributed by atoms with Crippen molar-refractivity contribution in [1.82, 2.24) is 0 Å². The Hall–Kier alpha value is -3.92. The first-order valence-electron chi connectivity index (χ1n) is 21.5. The zero-order valence-corrected chi connectivity index (χ0v) is 34.2. The van der Waals surface area contributed by atoms with Gasteiger partial charge in [0.2, 0.25) is 0 Å². The third kappa shape index (κ3) is 9.84. The summed E-state index contributed by atoms with van der Waals surface area (Å²) >= 11 is 0. The number of ether oxygens (including phenoxy) is 2. The number of anilines is 2. The molecular formula is C50H68N2O2. The van der Waals surface area contributed by atoms with Gasteiger partial charge in [0.1, 0.15) is 23.0 Å². The molecule has 290 valence electrons. The van der Waals surface area contributed by atoms with Crippen LogP contribution in [0.5, 0.6) is 23.0 Å². The lowest BCUT2D eigenvalue weighted by Gasteiger charge is -2.45. The van der Waals surface area contributed by atoms with Crippen LogP contribution in [0.3, 0.4) is 0 Å². The Morgan fingerprint density at radius 2 is 0.963 bits per heavy atom. The van der Waals surface area contributed by atoms with Gasteiger partial charge in [0.05, 0.1) is 0 Å². The predicted molar refractivity (Wildman–Crippen MR) is 229 cm³/mol. The van der Waals surface area contributed by atoms with Crippen LogP contribution < -0.4 is 20.9 Å². The monoisotopic (exact) mass is 729 g/mol. The Labute approximate surface area is 327 Å². The zero-order valence-electron chi connectivity index (χ0n) is 34.2. The average Bonchev–Trinajstić information content (AvgIpc) is 3.16. The van der Waals surface area contributed by atoms with Crippen LogP contribution in [0.15, 0.2) is 72.8 Å². The highest BCUT2D eigenvalue weighted by Crippen LogP contribution is 2.52. The summed E-state index contributed by atoms with van der Waals surface area (Å²) in [7, 11) is 0. The first kappa shape index (κ1) is 39.8. The van der Waals surface area contributed by atoms with Gasteiger partial charge in [-0.15, -0.1) is 0 Å². The quantitative estimate of drug-likeness (QED) is 0.0890. The summed E-state index contributed by atoms with van der Waals surface area (Å²) in [5, 5.41) is 0. The Kier molecular flexibility index (Phi) is 13.7. The maximum atomic E-state index is 6.47. The van der Waals surface area contributed by atoms with E-state index in [0.717, 1.165) is 40.8 Å². The van der Waals surface area contributed by atoms with Crippen molar-refractivity contribution in [2.75, 3.05) is 11.5 Å². The number of rotatable bonds is 16. The second-order valence-corrected chi connectivity index (χ2v) is 17.2. The Morgan fingerprint density at radius 1 is 0.537 bits per heavy atom. The summed E-state index contributed by atoms with van der Waals surface area (Å²) in [5.41, 5.74) is 21.0. The molecule has 0 saturated heterocycles. The van der Waals surface area contributed by atoms with Crippen LogP contribution in [0.25, 0.3) is 0 Å². The molecule has 2 aliphatic rings. The van der Waals surface area contributed by atoms with Crippen molar-refractivity contribution in [3.8, 4) is 23.0 Å². The van der Waals surface area contributed by atoms with Gasteiger partial charge in [0.15, 0.2) is 0 Å². The third-order valence-corrected chi connectivity index (χ3v) is 13.1. The molecule has 2 saturated carbocycles. The summed E-state index contributed by atoms with van der Waals surface area (Å²) in [6, 6.07) is 25.1. The normalized spacial score (nSPS) is 18.8. The molecule has 0 spiro atoms. The summed E-state index contributed by atoms with van der Waals surface area (Å²) in [6.45, 7) is 11.1. The van der Waals surface area contributed by atoms with E-state index in [1.54, 1.807) is 0 Å². The first-order chi connectivity index (χ1) is 26.1. The van der Waals surface area contributed by atoms with Crippen molar-refractivity contribution >= 4 is 11.4 Å². The SMILES string of the molecule is CCCCCCCCCC[C@H]1CC[C@H](C2CCC(c3cc(C)c(Oc4cccc(N)c4)c(C)c3)(c3cc(C)c(Oc4cccc(N)c4)c(C)c3)CC2)CC1. The Morgan fingerprint density at radius 3 is 1.41 bits per heavy atom. The number of aryl methyl sites for hydroxylation is 4. The van der Waals surface area contributed by atoms with Crippen molar-refractivity contribution < 1.29 is 9.47 Å². The number of nitrogen functional groups attached to an aromatic ring is 2. The summed E-state index contributed by atoms with van der Waals surface area (Å²) < 4.78 is 12.9. The second kappa shape index (κ2) is 18.6. The highest BCUT2D eigenvalue weighted by molar-refractivity contribution is 5.55. The van der Waals surface area contributed by atoms with E-state index in [9.17, 15) is 0 Å². The molecule has 0 unspecified atom stereocenters. The molecule has 4 N–H and O–H groups in total. The topological polar surface area (TPSA) is 70.5 Å². The van der Waals surface area contributed by atoms with E-state index in [1.807, 2.05) is 48.5 Å². The molecule has 2 fully saturated rings. The van der Waals surface area contributed by atoms with Gasteiger partial charge in [-0.05, 0) is 142 Å². The van der Waals surface area contributed by atoms with Crippen LogP contribution in [-0.2, 0) is 5.41 Å². The fourth-order valence-electron chi connectivity index (χ4n) is 10.0. The van der Waals surface area contributed by atoms with Crippen molar-refractivity contribution in [3.05, 3.63) is 106 Å². The molecule has 0 bridgehead atoms. The van der Waals surface area contributed by atoms with Gasteiger partial charge in [-0.2, -0.15) is 0 Å². The Balaban J connectivity index is 1.18. The average molecular weight is 729 g/mol. The van der Waals surface area contributed by atoms with Crippen LogP contribution >= 0.6 is 0 Å². The van der Waals surface area contributed by atoms with E-state index >= 15 is 0 Å². The fourth-order valence-corrected chi connectivity index (χ4v) is 10.0. The minimum absolute atomic E-state index is 0.0688. The second-order valence-electron chi connectivity index (χ2n) is 17.2. The molecule has 0 aliphatic heterocycles. The maximum absolute atomic E-state index is 6.47. The van der Waals surface area contributed by atoms with Gasteiger partial charge in [0.25, 0.3) is 0 Å². The van der Waals surface area contributed by atoms with E-state index in [4.69, 9.17) is 20.9 Å². The fraction of sp³-hybridized carbons (Fsp3) is 0.520.